The minimum atomic E-state index is -0.153. The minimum Gasteiger partial charge on any atom is -0.342 e. The number of nitrogens with zero attached hydrogens (tertiary/aromatic N) is 2. The molecule has 2 unspecified atom stereocenters. The zero-order chi connectivity index (χ0) is 19.2. The lowest BCUT2D eigenvalue weighted by Gasteiger charge is -2.34. The van der Waals surface area contributed by atoms with Gasteiger partial charge in [0.15, 0.2) is 0 Å². The summed E-state index contributed by atoms with van der Waals surface area (Å²) in [6, 6.07) is 3.75. The monoisotopic (exact) mass is 372 g/mol. The van der Waals surface area contributed by atoms with Crippen LogP contribution in [-0.4, -0.2) is 47.9 Å². The molecule has 1 aromatic heterocycles. The van der Waals surface area contributed by atoms with E-state index in [2.05, 4.69) is 22.5 Å². The van der Waals surface area contributed by atoms with Gasteiger partial charge in [-0.3, -0.25) is 9.59 Å². The van der Waals surface area contributed by atoms with Crippen molar-refractivity contribution >= 4 is 17.6 Å². The standard InChI is InChI=1S/C21H32N4O2/c1-15-5-6-19(23-13-15)24-21(27)18-4-3-11-25(14-18)20(26)12-16(2)17-7-9-22-10-8-17/h5-6,13,16-18,22H,3-4,7-12,14H2,1-2H3,(H,23,24,27). The van der Waals surface area contributed by atoms with Crippen molar-refractivity contribution in [3.63, 3.8) is 0 Å². The number of carbonyl (C=O) groups is 2. The van der Waals surface area contributed by atoms with Crippen LogP contribution in [0, 0.1) is 24.7 Å². The number of nitrogens with one attached hydrogen (secondary N) is 2. The normalized spacial score (nSPS) is 22.3. The summed E-state index contributed by atoms with van der Waals surface area (Å²) in [5.41, 5.74) is 1.06. The van der Waals surface area contributed by atoms with Gasteiger partial charge in [-0.15, -0.1) is 0 Å². The molecule has 0 spiro atoms. The molecule has 0 bridgehead atoms. The Morgan fingerprint density at radius 2 is 2.07 bits per heavy atom. The van der Waals surface area contributed by atoms with Crippen LogP contribution in [0.25, 0.3) is 0 Å². The molecule has 6 nitrogen and oxygen atoms in total. The molecule has 1 aromatic rings. The van der Waals surface area contributed by atoms with E-state index in [1.54, 1.807) is 6.20 Å². The van der Waals surface area contributed by atoms with Crippen LogP contribution in [0.1, 0.15) is 44.6 Å². The van der Waals surface area contributed by atoms with Gasteiger partial charge in [0.1, 0.15) is 5.82 Å². The SMILES string of the molecule is Cc1ccc(NC(=O)C2CCCN(C(=O)CC(C)C3CCNCC3)C2)nc1. The number of hydrogen-bond acceptors (Lipinski definition) is 4. The van der Waals surface area contributed by atoms with E-state index in [1.807, 2.05) is 24.0 Å². The van der Waals surface area contributed by atoms with Gasteiger partial charge < -0.3 is 15.5 Å². The molecule has 2 aliphatic heterocycles. The Hall–Kier alpha value is -1.95. The first kappa shape index (κ1) is 19.8. The summed E-state index contributed by atoms with van der Waals surface area (Å²) in [5, 5.41) is 6.28. The van der Waals surface area contributed by atoms with Crippen LogP contribution >= 0.6 is 0 Å². The first-order valence-corrected chi connectivity index (χ1v) is 10.2. The Kier molecular flexibility index (Phi) is 6.83. The van der Waals surface area contributed by atoms with Crippen molar-refractivity contribution in [2.24, 2.45) is 17.8 Å². The Morgan fingerprint density at radius 3 is 2.78 bits per heavy atom. The van der Waals surface area contributed by atoms with E-state index in [9.17, 15) is 9.59 Å². The number of rotatable bonds is 5. The number of likely N-dealkylation sites (tertiary alicyclic amines) is 1. The predicted molar refractivity (Wildman–Crippen MR) is 106 cm³/mol. The maximum absolute atomic E-state index is 12.8. The molecule has 3 heterocycles. The van der Waals surface area contributed by atoms with Crippen molar-refractivity contribution in [3.05, 3.63) is 23.9 Å². The van der Waals surface area contributed by atoms with Crippen molar-refractivity contribution < 1.29 is 9.59 Å². The maximum Gasteiger partial charge on any atom is 0.230 e. The van der Waals surface area contributed by atoms with Gasteiger partial charge >= 0.3 is 0 Å². The average molecular weight is 373 g/mol. The molecule has 2 amide bonds. The molecule has 148 valence electrons. The highest BCUT2D eigenvalue weighted by Crippen LogP contribution is 2.26. The molecule has 27 heavy (non-hydrogen) atoms. The highest BCUT2D eigenvalue weighted by Gasteiger charge is 2.30. The van der Waals surface area contributed by atoms with Gasteiger partial charge in [0.05, 0.1) is 5.92 Å². The third kappa shape index (κ3) is 5.51. The zero-order valence-corrected chi connectivity index (χ0v) is 16.5. The van der Waals surface area contributed by atoms with Crippen molar-refractivity contribution in [3.8, 4) is 0 Å². The molecule has 2 atom stereocenters. The molecule has 0 aliphatic carbocycles. The number of carbonyl (C=O) groups excluding carboxylic acids is 2. The van der Waals surface area contributed by atoms with Gasteiger partial charge in [-0.1, -0.05) is 13.0 Å². The van der Waals surface area contributed by atoms with Gasteiger partial charge in [-0.25, -0.2) is 4.98 Å². The summed E-state index contributed by atoms with van der Waals surface area (Å²) < 4.78 is 0. The second-order valence-electron chi connectivity index (χ2n) is 8.16. The topological polar surface area (TPSA) is 74.3 Å². The molecule has 0 aromatic carbocycles. The highest BCUT2D eigenvalue weighted by atomic mass is 16.2. The first-order valence-electron chi connectivity index (χ1n) is 10.2. The molecule has 0 radical (unpaired) electrons. The van der Waals surface area contributed by atoms with E-state index in [-0.39, 0.29) is 17.7 Å². The van der Waals surface area contributed by atoms with Crippen molar-refractivity contribution in [2.45, 2.75) is 46.0 Å². The molecule has 2 fully saturated rings. The molecule has 2 aliphatic rings. The zero-order valence-electron chi connectivity index (χ0n) is 16.5. The van der Waals surface area contributed by atoms with Crippen LogP contribution in [0.5, 0.6) is 0 Å². The van der Waals surface area contributed by atoms with Crippen LogP contribution in [0.2, 0.25) is 0 Å². The molecule has 0 saturated carbocycles. The number of piperidine rings is 2. The second-order valence-corrected chi connectivity index (χ2v) is 8.16. The van der Waals surface area contributed by atoms with Gasteiger partial charge in [-0.2, -0.15) is 0 Å². The Morgan fingerprint density at radius 1 is 1.30 bits per heavy atom. The summed E-state index contributed by atoms with van der Waals surface area (Å²) >= 11 is 0. The number of anilines is 1. The molecule has 6 heteroatoms. The van der Waals surface area contributed by atoms with E-state index in [0.717, 1.165) is 50.9 Å². The number of aryl methyl sites for hydroxylation is 1. The van der Waals surface area contributed by atoms with Crippen molar-refractivity contribution in [1.29, 1.82) is 0 Å². The molecular formula is C21H32N4O2. The van der Waals surface area contributed by atoms with Crippen LogP contribution < -0.4 is 10.6 Å². The Balaban J connectivity index is 1.51. The summed E-state index contributed by atoms with van der Waals surface area (Å²) in [6.45, 7) is 7.57. The fourth-order valence-electron chi connectivity index (χ4n) is 4.17. The van der Waals surface area contributed by atoms with Gasteiger partial charge in [0.25, 0.3) is 0 Å². The third-order valence-electron chi connectivity index (χ3n) is 5.99. The lowest BCUT2D eigenvalue weighted by Crippen LogP contribution is -2.44. The Bertz CT molecular complexity index is 640. The Labute approximate surface area is 162 Å². The first-order chi connectivity index (χ1) is 13.0. The van der Waals surface area contributed by atoms with Gasteiger partial charge in [0, 0.05) is 25.7 Å². The molecule has 2 saturated heterocycles. The fraction of sp³-hybridized carbons (Fsp3) is 0.667. The van der Waals surface area contributed by atoms with Crippen LogP contribution in [0.4, 0.5) is 5.82 Å². The smallest absolute Gasteiger partial charge is 0.230 e. The predicted octanol–water partition coefficient (Wildman–Crippen LogP) is 2.59. The molecular weight excluding hydrogens is 340 g/mol. The fourth-order valence-corrected chi connectivity index (χ4v) is 4.17. The van der Waals surface area contributed by atoms with Crippen molar-refractivity contribution in [2.75, 3.05) is 31.5 Å². The summed E-state index contributed by atoms with van der Waals surface area (Å²) in [4.78, 5) is 31.5. The average Bonchev–Trinajstić information content (AvgIpc) is 2.70. The van der Waals surface area contributed by atoms with Crippen LogP contribution in [0.15, 0.2) is 18.3 Å². The van der Waals surface area contributed by atoms with Crippen molar-refractivity contribution in [1.82, 2.24) is 15.2 Å². The van der Waals surface area contributed by atoms with E-state index < -0.39 is 0 Å². The third-order valence-corrected chi connectivity index (χ3v) is 5.99. The maximum atomic E-state index is 12.8. The summed E-state index contributed by atoms with van der Waals surface area (Å²) in [5.74, 6) is 1.63. The lowest BCUT2D eigenvalue weighted by atomic mass is 9.83. The largest absolute Gasteiger partial charge is 0.342 e. The minimum absolute atomic E-state index is 0.0322. The summed E-state index contributed by atoms with van der Waals surface area (Å²) in [6.07, 6.45) is 6.36. The van der Waals surface area contributed by atoms with Gasteiger partial charge in [0.2, 0.25) is 11.8 Å². The highest BCUT2D eigenvalue weighted by molar-refractivity contribution is 5.92. The molecule has 3 rings (SSSR count). The number of pyridine rings is 1. The number of hydrogen-bond donors (Lipinski definition) is 2. The van der Waals surface area contributed by atoms with E-state index >= 15 is 0 Å². The number of aromatic nitrogens is 1. The van der Waals surface area contributed by atoms with Crippen LogP contribution in [-0.2, 0) is 9.59 Å². The van der Waals surface area contributed by atoms with E-state index in [4.69, 9.17) is 0 Å². The second kappa shape index (κ2) is 9.31. The lowest BCUT2D eigenvalue weighted by molar-refractivity contribution is -0.135. The summed E-state index contributed by atoms with van der Waals surface area (Å²) in [7, 11) is 0. The van der Waals surface area contributed by atoms with Crippen LogP contribution in [0.3, 0.4) is 0 Å². The molecule has 2 N–H and O–H groups in total. The quantitative estimate of drug-likeness (QED) is 0.833. The number of amides is 2. The van der Waals surface area contributed by atoms with Gasteiger partial charge in [-0.05, 0) is 69.2 Å². The van der Waals surface area contributed by atoms with E-state index in [1.165, 1.54) is 0 Å². The van der Waals surface area contributed by atoms with E-state index in [0.29, 0.717) is 30.6 Å².